The summed E-state index contributed by atoms with van der Waals surface area (Å²) in [6.45, 7) is 5.24. The molecule has 0 saturated heterocycles. The molecule has 2 aromatic rings. The molecule has 21 heavy (non-hydrogen) atoms. The lowest BCUT2D eigenvalue weighted by Crippen LogP contribution is -2.13. The first-order valence-electron chi connectivity index (χ1n) is 7.23. The van der Waals surface area contributed by atoms with Gasteiger partial charge in [0.15, 0.2) is 0 Å². The molecule has 0 N–H and O–H groups in total. The first-order chi connectivity index (χ1) is 10.3. The number of hydrogen-bond donors (Lipinski definition) is 0. The Morgan fingerprint density at radius 2 is 1.67 bits per heavy atom. The molecule has 0 atom stereocenters. The zero-order valence-electron chi connectivity index (χ0n) is 12.5. The van der Waals surface area contributed by atoms with Gasteiger partial charge in [0.1, 0.15) is 24.7 Å². The summed E-state index contributed by atoms with van der Waals surface area (Å²) in [5.74, 6) is 1.70. The van der Waals surface area contributed by atoms with E-state index in [9.17, 15) is 0 Å². The van der Waals surface area contributed by atoms with Crippen molar-refractivity contribution in [2.45, 2.75) is 32.8 Å². The summed E-state index contributed by atoms with van der Waals surface area (Å²) in [6, 6.07) is 7.72. The molecule has 0 amide bonds. The van der Waals surface area contributed by atoms with Crippen molar-refractivity contribution in [1.82, 2.24) is 4.98 Å². The number of aromatic nitrogens is 1. The van der Waals surface area contributed by atoms with E-state index in [2.05, 4.69) is 18.8 Å². The summed E-state index contributed by atoms with van der Waals surface area (Å²) >= 11 is 1.48. The van der Waals surface area contributed by atoms with Crippen molar-refractivity contribution in [3.05, 3.63) is 35.8 Å². The summed E-state index contributed by atoms with van der Waals surface area (Å²) in [7, 11) is 0. The second-order valence-corrected chi connectivity index (χ2v) is 5.38. The van der Waals surface area contributed by atoms with Crippen molar-refractivity contribution in [2.24, 2.45) is 0 Å². The van der Waals surface area contributed by atoms with Gasteiger partial charge in [-0.1, -0.05) is 25.2 Å². The Morgan fingerprint density at radius 1 is 1.00 bits per heavy atom. The van der Waals surface area contributed by atoms with Crippen LogP contribution in [0.5, 0.6) is 16.7 Å². The predicted molar refractivity (Wildman–Crippen MR) is 84.5 cm³/mol. The largest absolute Gasteiger partial charge is 0.490 e. The highest BCUT2D eigenvalue weighted by Gasteiger charge is 2.05. The van der Waals surface area contributed by atoms with Crippen LogP contribution in [0.25, 0.3) is 0 Å². The van der Waals surface area contributed by atoms with E-state index in [0.717, 1.165) is 24.3 Å². The fraction of sp³-hybridized carbons (Fsp3) is 0.438. The molecule has 1 heterocycles. The molecule has 0 saturated carbocycles. The van der Waals surface area contributed by atoms with Gasteiger partial charge in [-0.2, -0.15) is 0 Å². The second kappa shape index (κ2) is 8.52. The van der Waals surface area contributed by atoms with Crippen LogP contribution < -0.4 is 14.2 Å². The van der Waals surface area contributed by atoms with Gasteiger partial charge >= 0.3 is 0 Å². The van der Waals surface area contributed by atoms with Crippen molar-refractivity contribution in [3.8, 4) is 16.7 Å². The monoisotopic (exact) mass is 307 g/mol. The Hall–Kier alpha value is -1.75. The maximum atomic E-state index is 5.86. The highest BCUT2D eigenvalue weighted by atomic mass is 32.1. The molecular weight excluding hydrogens is 286 g/mol. The van der Waals surface area contributed by atoms with Crippen molar-refractivity contribution in [2.75, 3.05) is 13.2 Å². The van der Waals surface area contributed by atoms with E-state index in [4.69, 9.17) is 14.2 Å². The third kappa shape index (κ3) is 5.27. The molecule has 0 fully saturated rings. The molecule has 114 valence electrons. The van der Waals surface area contributed by atoms with Crippen molar-refractivity contribution in [3.63, 3.8) is 0 Å². The highest BCUT2D eigenvalue weighted by Crippen LogP contribution is 2.20. The molecule has 2 rings (SSSR count). The zero-order chi connectivity index (χ0) is 14.9. The Bertz CT molecular complexity index is 495. The zero-order valence-corrected chi connectivity index (χ0v) is 13.3. The van der Waals surface area contributed by atoms with Crippen molar-refractivity contribution < 1.29 is 14.2 Å². The summed E-state index contributed by atoms with van der Waals surface area (Å²) in [5, 5.41) is 2.56. The van der Waals surface area contributed by atoms with Gasteiger partial charge in [-0.3, -0.25) is 0 Å². The van der Waals surface area contributed by atoms with Gasteiger partial charge in [0.05, 0.1) is 6.10 Å². The van der Waals surface area contributed by atoms with E-state index >= 15 is 0 Å². The number of ether oxygens (including phenoxy) is 3. The van der Waals surface area contributed by atoms with Crippen LogP contribution in [0, 0.1) is 0 Å². The van der Waals surface area contributed by atoms with E-state index in [1.54, 1.807) is 6.20 Å². The summed E-state index contributed by atoms with van der Waals surface area (Å²) < 4.78 is 16.9. The highest BCUT2D eigenvalue weighted by molar-refractivity contribution is 7.11. The molecule has 4 nitrogen and oxygen atoms in total. The number of rotatable bonds is 9. The van der Waals surface area contributed by atoms with Crippen molar-refractivity contribution in [1.29, 1.82) is 0 Å². The molecule has 0 spiro atoms. The van der Waals surface area contributed by atoms with Crippen molar-refractivity contribution >= 4 is 11.3 Å². The molecule has 0 aliphatic rings. The summed E-state index contributed by atoms with van der Waals surface area (Å²) in [6.07, 6.45) is 4.04. The molecule has 0 radical (unpaired) electrons. The topological polar surface area (TPSA) is 40.6 Å². The molecule has 0 unspecified atom stereocenters. The minimum atomic E-state index is 0.281. The Labute approximate surface area is 129 Å². The summed E-state index contributed by atoms with van der Waals surface area (Å²) in [4.78, 5) is 4.04. The number of thiazole rings is 1. The van der Waals surface area contributed by atoms with Gasteiger partial charge in [-0.25, -0.2) is 4.98 Å². The predicted octanol–water partition coefficient (Wildman–Crippen LogP) is 4.17. The van der Waals surface area contributed by atoms with Gasteiger partial charge in [-0.05, 0) is 37.1 Å². The second-order valence-electron chi connectivity index (χ2n) is 4.52. The SMILES string of the molecule is CCC(CC)Oc1ccc(OCCOc2nccs2)cc1. The van der Waals surface area contributed by atoms with Gasteiger partial charge in [0, 0.05) is 11.6 Å². The lowest BCUT2D eigenvalue weighted by atomic mass is 10.2. The molecule has 5 heteroatoms. The molecule has 1 aromatic heterocycles. The molecular formula is C16H21NO3S. The molecule has 1 aromatic carbocycles. The Kier molecular flexibility index (Phi) is 6.34. The first-order valence-corrected chi connectivity index (χ1v) is 8.11. The van der Waals surface area contributed by atoms with Gasteiger partial charge in [0.25, 0.3) is 5.19 Å². The van der Waals surface area contributed by atoms with Gasteiger partial charge in [-0.15, -0.1) is 0 Å². The summed E-state index contributed by atoms with van der Waals surface area (Å²) in [5.41, 5.74) is 0. The van der Waals surface area contributed by atoms with E-state index in [0.29, 0.717) is 18.4 Å². The van der Waals surface area contributed by atoms with Crippen LogP contribution in [-0.2, 0) is 0 Å². The van der Waals surface area contributed by atoms with E-state index < -0.39 is 0 Å². The quantitative estimate of drug-likeness (QED) is 0.652. The lowest BCUT2D eigenvalue weighted by molar-refractivity contribution is 0.192. The number of nitrogens with zero attached hydrogens (tertiary/aromatic N) is 1. The molecule has 0 aliphatic heterocycles. The van der Waals surface area contributed by atoms with Gasteiger partial charge < -0.3 is 14.2 Å². The van der Waals surface area contributed by atoms with Crippen LogP contribution in [-0.4, -0.2) is 24.3 Å². The lowest BCUT2D eigenvalue weighted by Gasteiger charge is -2.15. The van der Waals surface area contributed by atoms with E-state index in [1.807, 2.05) is 29.6 Å². The Morgan fingerprint density at radius 3 is 2.29 bits per heavy atom. The number of benzene rings is 1. The molecule has 0 aliphatic carbocycles. The smallest absolute Gasteiger partial charge is 0.273 e. The maximum Gasteiger partial charge on any atom is 0.273 e. The Balaban J connectivity index is 1.72. The average molecular weight is 307 g/mol. The number of hydrogen-bond acceptors (Lipinski definition) is 5. The van der Waals surface area contributed by atoms with Crippen LogP contribution in [0.4, 0.5) is 0 Å². The van der Waals surface area contributed by atoms with E-state index in [-0.39, 0.29) is 6.10 Å². The molecule has 0 bridgehead atoms. The third-order valence-electron chi connectivity index (χ3n) is 3.02. The van der Waals surface area contributed by atoms with Crippen LogP contribution >= 0.6 is 11.3 Å². The van der Waals surface area contributed by atoms with Crippen LogP contribution in [0.2, 0.25) is 0 Å². The van der Waals surface area contributed by atoms with Crippen LogP contribution in [0.1, 0.15) is 26.7 Å². The fourth-order valence-corrected chi connectivity index (χ4v) is 2.34. The third-order valence-corrected chi connectivity index (χ3v) is 3.71. The maximum absolute atomic E-state index is 5.86. The van der Waals surface area contributed by atoms with Crippen LogP contribution in [0.15, 0.2) is 35.8 Å². The standard InChI is InChI=1S/C16H21NO3S/c1-3-13(4-2)20-15-7-5-14(6-8-15)18-10-11-19-16-17-9-12-21-16/h5-9,12-13H,3-4,10-11H2,1-2H3. The minimum Gasteiger partial charge on any atom is -0.490 e. The first kappa shape index (κ1) is 15.6. The van der Waals surface area contributed by atoms with Crippen LogP contribution in [0.3, 0.4) is 0 Å². The minimum absolute atomic E-state index is 0.281. The van der Waals surface area contributed by atoms with E-state index in [1.165, 1.54) is 11.3 Å². The fourth-order valence-electron chi connectivity index (χ4n) is 1.83. The van der Waals surface area contributed by atoms with Gasteiger partial charge in [0.2, 0.25) is 0 Å². The average Bonchev–Trinajstić information content (AvgIpc) is 3.04. The normalized spacial score (nSPS) is 10.6.